The molecule has 1 aliphatic rings. The molecule has 0 spiro atoms. The van der Waals surface area contributed by atoms with Crippen molar-refractivity contribution in [1.29, 1.82) is 0 Å². The molecule has 0 saturated carbocycles. The summed E-state index contributed by atoms with van der Waals surface area (Å²) in [6.45, 7) is 0.617. The molecule has 0 aliphatic carbocycles. The van der Waals surface area contributed by atoms with E-state index in [0.717, 1.165) is 12.0 Å². The Kier molecular flexibility index (Phi) is 3.18. The number of hydrogen-bond donors (Lipinski definition) is 1. The van der Waals surface area contributed by atoms with Gasteiger partial charge in [-0.2, -0.15) is 0 Å². The molecule has 1 aliphatic heterocycles. The summed E-state index contributed by atoms with van der Waals surface area (Å²) in [7, 11) is 0. The van der Waals surface area contributed by atoms with Crippen LogP contribution in [-0.2, 0) is 6.42 Å². The third-order valence-corrected chi connectivity index (χ3v) is 3.15. The van der Waals surface area contributed by atoms with Gasteiger partial charge in [-0.05, 0) is 30.3 Å². The molecule has 3 rings (SSSR count). The van der Waals surface area contributed by atoms with Crippen LogP contribution in [0.2, 0.25) is 0 Å². The Hall–Kier alpha value is -2.30. The Morgan fingerprint density at radius 3 is 2.55 bits per heavy atom. The predicted octanol–water partition coefficient (Wildman–Crippen LogP) is 3.93. The molecule has 0 bridgehead atoms. The molecule has 5 heteroatoms. The molecule has 104 valence electrons. The van der Waals surface area contributed by atoms with Gasteiger partial charge in [-0.15, -0.1) is 0 Å². The number of hydrogen-bond acceptors (Lipinski definition) is 3. The van der Waals surface area contributed by atoms with Gasteiger partial charge < -0.3 is 15.2 Å². The number of benzene rings is 2. The minimum Gasteiger partial charge on any atom is -0.491 e. The minimum atomic E-state index is -2.48. The van der Waals surface area contributed by atoms with Crippen molar-refractivity contribution in [3.05, 3.63) is 47.5 Å². The number of fused-ring (bicyclic) bond motifs is 1. The molecule has 2 aromatic rings. The van der Waals surface area contributed by atoms with E-state index < -0.39 is 6.43 Å². The van der Waals surface area contributed by atoms with Gasteiger partial charge in [-0.25, -0.2) is 8.78 Å². The lowest BCUT2D eigenvalue weighted by atomic mass is 10.1. The van der Waals surface area contributed by atoms with Crippen molar-refractivity contribution in [3.8, 4) is 17.2 Å². The van der Waals surface area contributed by atoms with Crippen LogP contribution in [0.1, 0.15) is 17.6 Å². The van der Waals surface area contributed by atoms with E-state index in [-0.39, 0.29) is 5.56 Å². The summed E-state index contributed by atoms with van der Waals surface area (Å²) in [6.07, 6.45) is -1.68. The molecule has 0 amide bonds. The summed E-state index contributed by atoms with van der Waals surface area (Å²) in [5, 5.41) is 0. The molecule has 3 nitrogen and oxygen atoms in total. The van der Waals surface area contributed by atoms with E-state index in [1.165, 1.54) is 24.3 Å². The van der Waals surface area contributed by atoms with Crippen LogP contribution in [-0.4, -0.2) is 6.61 Å². The zero-order valence-electron chi connectivity index (χ0n) is 10.6. The summed E-state index contributed by atoms with van der Waals surface area (Å²) in [5.74, 6) is 1.79. The third-order valence-electron chi connectivity index (χ3n) is 3.15. The van der Waals surface area contributed by atoms with Gasteiger partial charge in [0.15, 0.2) is 0 Å². The molecular weight excluding hydrogens is 264 g/mol. The molecule has 2 aromatic carbocycles. The number of anilines is 1. The summed E-state index contributed by atoms with van der Waals surface area (Å²) in [6, 6.07) is 9.26. The molecule has 1 heterocycles. The summed E-state index contributed by atoms with van der Waals surface area (Å²) < 4.78 is 36.0. The first-order chi connectivity index (χ1) is 9.63. The first kappa shape index (κ1) is 12.7. The van der Waals surface area contributed by atoms with Gasteiger partial charge in [0.25, 0.3) is 6.43 Å². The maximum Gasteiger partial charge on any atom is 0.263 e. The Morgan fingerprint density at radius 1 is 1.10 bits per heavy atom. The highest BCUT2D eigenvalue weighted by atomic mass is 19.3. The Bertz CT molecular complexity index is 627. The van der Waals surface area contributed by atoms with E-state index in [1.54, 1.807) is 6.07 Å². The van der Waals surface area contributed by atoms with Gasteiger partial charge in [0.1, 0.15) is 17.2 Å². The fourth-order valence-corrected chi connectivity index (χ4v) is 2.18. The van der Waals surface area contributed by atoms with Crippen molar-refractivity contribution < 1.29 is 18.3 Å². The molecule has 0 aromatic heterocycles. The molecule has 0 radical (unpaired) electrons. The normalized spacial score (nSPS) is 13.2. The van der Waals surface area contributed by atoms with Crippen LogP contribution in [0.5, 0.6) is 17.2 Å². The third kappa shape index (κ3) is 2.39. The molecule has 0 fully saturated rings. The van der Waals surface area contributed by atoms with Crippen LogP contribution in [0, 0.1) is 0 Å². The monoisotopic (exact) mass is 277 g/mol. The zero-order valence-corrected chi connectivity index (χ0v) is 10.6. The lowest BCUT2D eigenvalue weighted by Gasteiger charge is -2.10. The highest BCUT2D eigenvalue weighted by molar-refractivity contribution is 5.62. The molecule has 0 saturated heterocycles. The number of halogens is 2. The van der Waals surface area contributed by atoms with E-state index in [1.807, 2.05) is 6.07 Å². The van der Waals surface area contributed by atoms with E-state index in [2.05, 4.69) is 0 Å². The second-order valence-corrected chi connectivity index (χ2v) is 4.57. The highest BCUT2D eigenvalue weighted by Gasteiger charge is 2.17. The molecule has 0 atom stereocenters. The van der Waals surface area contributed by atoms with Crippen molar-refractivity contribution in [3.63, 3.8) is 0 Å². The number of rotatable bonds is 3. The van der Waals surface area contributed by atoms with E-state index >= 15 is 0 Å². The Labute approximate surface area is 114 Å². The maximum absolute atomic E-state index is 12.5. The smallest absolute Gasteiger partial charge is 0.263 e. The summed E-state index contributed by atoms with van der Waals surface area (Å²) in [5.41, 5.74) is 7.39. The number of nitrogen functional groups attached to an aromatic ring is 1. The number of ether oxygens (including phenoxy) is 2. The van der Waals surface area contributed by atoms with Crippen molar-refractivity contribution in [2.75, 3.05) is 12.3 Å². The highest BCUT2D eigenvalue weighted by Crippen LogP contribution is 2.37. The van der Waals surface area contributed by atoms with E-state index in [4.69, 9.17) is 15.2 Å². The van der Waals surface area contributed by atoms with Gasteiger partial charge in [0, 0.05) is 23.6 Å². The van der Waals surface area contributed by atoms with Gasteiger partial charge in [-0.1, -0.05) is 0 Å². The van der Waals surface area contributed by atoms with Crippen LogP contribution in [0.15, 0.2) is 36.4 Å². The topological polar surface area (TPSA) is 44.5 Å². The molecule has 20 heavy (non-hydrogen) atoms. The van der Waals surface area contributed by atoms with E-state index in [0.29, 0.717) is 29.5 Å². The molecule has 0 unspecified atom stereocenters. The Balaban J connectivity index is 1.82. The SMILES string of the molecule is Nc1cc(Oc2ccc(C(F)F)cc2)cc2c1OCC2. The van der Waals surface area contributed by atoms with Gasteiger partial charge >= 0.3 is 0 Å². The first-order valence-electron chi connectivity index (χ1n) is 6.24. The average molecular weight is 277 g/mol. The number of alkyl halides is 2. The second kappa shape index (κ2) is 5.00. The molecular formula is C15H13F2NO2. The van der Waals surface area contributed by atoms with Crippen molar-refractivity contribution >= 4 is 5.69 Å². The van der Waals surface area contributed by atoms with Gasteiger partial charge in [-0.3, -0.25) is 0 Å². The van der Waals surface area contributed by atoms with Crippen molar-refractivity contribution in [2.45, 2.75) is 12.8 Å². The predicted molar refractivity (Wildman–Crippen MR) is 71.5 cm³/mol. The zero-order chi connectivity index (χ0) is 14.1. The Morgan fingerprint density at radius 2 is 1.85 bits per heavy atom. The fraction of sp³-hybridized carbons (Fsp3) is 0.200. The van der Waals surface area contributed by atoms with Gasteiger partial charge in [0.05, 0.1) is 12.3 Å². The summed E-state index contributed by atoms with van der Waals surface area (Å²) in [4.78, 5) is 0. The first-order valence-corrected chi connectivity index (χ1v) is 6.24. The van der Waals surface area contributed by atoms with Crippen LogP contribution in [0.3, 0.4) is 0 Å². The fourth-order valence-electron chi connectivity index (χ4n) is 2.18. The second-order valence-electron chi connectivity index (χ2n) is 4.57. The maximum atomic E-state index is 12.5. The van der Waals surface area contributed by atoms with Gasteiger partial charge in [0.2, 0.25) is 0 Å². The van der Waals surface area contributed by atoms with Crippen molar-refractivity contribution in [2.24, 2.45) is 0 Å². The largest absolute Gasteiger partial charge is 0.491 e. The summed E-state index contributed by atoms with van der Waals surface area (Å²) >= 11 is 0. The lowest BCUT2D eigenvalue weighted by Crippen LogP contribution is -1.93. The van der Waals surface area contributed by atoms with Crippen molar-refractivity contribution in [1.82, 2.24) is 0 Å². The van der Waals surface area contributed by atoms with Crippen LogP contribution >= 0.6 is 0 Å². The molecule has 2 N–H and O–H groups in total. The standard InChI is InChI=1S/C15H13F2NO2/c16-15(17)9-1-3-11(4-2-9)20-12-7-10-5-6-19-14(10)13(18)8-12/h1-4,7-8,15H,5-6,18H2. The average Bonchev–Trinajstić information content (AvgIpc) is 2.88. The van der Waals surface area contributed by atoms with Crippen LogP contribution < -0.4 is 15.2 Å². The number of nitrogens with two attached hydrogens (primary N) is 1. The van der Waals surface area contributed by atoms with E-state index in [9.17, 15) is 8.78 Å². The quantitative estimate of drug-likeness (QED) is 0.864. The van der Waals surface area contributed by atoms with Crippen LogP contribution in [0.4, 0.5) is 14.5 Å². The minimum absolute atomic E-state index is 0.0285. The lowest BCUT2D eigenvalue weighted by molar-refractivity contribution is 0.151. The van der Waals surface area contributed by atoms with Crippen LogP contribution in [0.25, 0.3) is 0 Å².